The molecule has 1 aromatic carbocycles. The van der Waals surface area contributed by atoms with Gasteiger partial charge in [0.05, 0.1) is 21.3 Å². The van der Waals surface area contributed by atoms with E-state index in [1.807, 2.05) is 12.1 Å². The number of nitrogens with zero attached hydrogens (tertiary/aromatic N) is 1. The van der Waals surface area contributed by atoms with Gasteiger partial charge in [0.25, 0.3) is 0 Å². The summed E-state index contributed by atoms with van der Waals surface area (Å²) >= 11 is 3.37. The Balaban J connectivity index is 2.62. The van der Waals surface area contributed by atoms with Gasteiger partial charge >= 0.3 is 0 Å². The van der Waals surface area contributed by atoms with Crippen molar-refractivity contribution in [1.29, 1.82) is 0 Å². The number of halogens is 1. The number of hydrogen-bond acceptors (Lipinski definition) is 5. The number of ether oxygens (including phenoxy) is 3. The largest absolute Gasteiger partial charge is 0.493 e. The summed E-state index contributed by atoms with van der Waals surface area (Å²) in [7, 11) is 4.69. The molecule has 0 unspecified atom stereocenters. The van der Waals surface area contributed by atoms with Crippen LogP contribution in [0, 0.1) is 0 Å². The van der Waals surface area contributed by atoms with Gasteiger partial charge in [0.1, 0.15) is 10.3 Å². The summed E-state index contributed by atoms with van der Waals surface area (Å²) in [5, 5.41) is 0. The van der Waals surface area contributed by atoms with E-state index in [1.165, 1.54) is 0 Å². The topological polar surface area (TPSA) is 82.4 Å². The third-order valence-electron chi connectivity index (χ3n) is 2.62. The first-order chi connectivity index (χ1) is 9.10. The van der Waals surface area contributed by atoms with E-state index in [0.717, 1.165) is 5.56 Å². The predicted octanol–water partition coefficient (Wildman–Crippen LogP) is 2.45. The lowest BCUT2D eigenvalue weighted by Gasteiger charge is -2.13. The molecule has 3 N–H and O–H groups in total. The minimum absolute atomic E-state index is 0.329. The van der Waals surface area contributed by atoms with Gasteiger partial charge in [-0.1, -0.05) is 0 Å². The third-order valence-corrected chi connectivity index (χ3v) is 3.19. The summed E-state index contributed by atoms with van der Waals surface area (Å²) in [6.07, 6.45) is 0. The van der Waals surface area contributed by atoms with Crippen LogP contribution < -0.4 is 19.9 Å². The fourth-order valence-corrected chi connectivity index (χ4v) is 2.30. The van der Waals surface area contributed by atoms with Crippen molar-refractivity contribution < 1.29 is 14.2 Å². The number of nitrogens with two attached hydrogens (primary N) is 1. The van der Waals surface area contributed by atoms with Gasteiger partial charge in [-0.25, -0.2) is 4.98 Å². The predicted molar refractivity (Wildman–Crippen MR) is 75.8 cm³/mol. The summed E-state index contributed by atoms with van der Waals surface area (Å²) in [5.74, 6) is 1.99. The quantitative estimate of drug-likeness (QED) is 0.901. The molecule has 1 heterocycles. The van der Waals surface area contributed by atoms with Crippen LogP contribution in [-0.2, 0) is 0 Å². The van der Waals surface area contributed by atoms with Crippen LogP contribution in [0.2, 0.25) is 0 Å². The standard InChI is InChI=1S/C12H14BrN3O3/c1-17-7-4-6(5-8(18-2)10(7)19-3)9-11(13)16-12(14)15-9/h4-5H,1-3H3,(H3,14,15,16). The first-order valence-electron chi connectivity index (χ1n) is 5.42. The summed E-state index contributed by atoms with van der Waals surface area (Å²) < 4.78 is 16.6. The zero-order valence-electron chi connectivity index (χ0n) is 10.8. The maximum absolute atomic E-state index is 5.63. The number of imidazole rings is 1. The average molecular weight is 328 g/mol. The summed E-state index contributed by atoms with van der Waals surface area (Å²) in [6.45, 7) is 0. The second-order valence-electron chi connectivity index (χ2n) is 3.70. The van der Waals surface area contributed by atoms with Crippen molar-refractivity contribution in [3.05, 3.63) is 16.7 Å². The molecule has 7 heteroatoms. The van der Waals surface area contributed by atoms with E-state index < -0.39 is 0 Å². The van der Waals surface area contributed by atoms with Crippen molar-refractivity contribution in [3.8, 4) is 28.5 Å². The van der Waals surface area contributed by atoms with Crippen LogP contribution in [0.1, 0.15) is 0 Å². The molecule has 0 atom stereocenters. The number of nitrogen functional groups attached to an aromatic ring is 1. The van der Waals surface area contributed by atoms with Crippen molar-refractivity contribution in [3.63, 3.8) is 0 Å². The number of aromatic amines is 1. The van der Waals surface area contributed by atoms with Crippen molar-refractivity contribution >= 4 is 21.9 Å². The lowest BCUT2D eigenvalue weighted by atomic mass is 10.1. The van der Waals surface area contributed by atoms with Crippen molar-refractivity contribution in [2.45, 2.75) is 0 Å². The smallest absolute Gasteiger partial charge is 0.203 e. The van der Waals surface area contributed by atoms with E-state index in [1.54, 1.807) is 21.3 Å². The lowest BCUT2D eigenvalue weighted by molar-refractivity contribution is 0.324. The molecule has 0 radical (unpaired) electrons. The summed E-state index contributed by atoms with van der Waals surface area (Å²) in [5.41, 5.74) is 7.11. The Kier molecular flexibility index (Phi) is 3.84. The number of benzene rings is 1. The molecule has 6 nitrogen and oxygen atoms in total. The second kappa shape index (κ2) is 5.40. The van der Waals surface area contributed by atoms with Crippen molar-refractivity contribution in [2.75, 3.05) is 27.1 Å². The second-order valence-corrected chi connectivity index (χ2v) is 4.49. The van der Waals surface area contributed by atoms with Gasteiger partial charge in [0.2, 0.25) is 5.75 Å². The monoisotopic (exact) mass is 327 g/mol. The van der Waals surface area contributed by atoms with Crippen LogP contribution in [0.15, 0.2) is 16.7 Å². The zero-order valence-corrected chi connectivity index (χ0v) is 12.4. The van der Waals surface area contributed by atoms with Gasteiger partial charge in [0.15, 0.2) is 17.4 Å². The fraction of sp³-hybridized carbons (Fsp3) is 0.250. The maximum atomic E-state index is 5.63. The number of aromatic nitrogens is 2. The minimum atomic E-state index is 0.329. The molecule has 0 saturated carbocycles. The molecule has 0 aliphatic carbocycles. The number of anilines is 1. The number of nitrogens with one attached hydrogen (secondary N) is 1. The molecule has 2 rings (SSSR count). The highest BCUT2D eigenvalue weighted by Crippen LogP contribution is 2.42. The van der Waals surface area contributed by atoms with E-state index in [0.29, 0.717) is 33.5 Å². The van der Waals surface area contributed by atoms with E-state index in [4.69, 9.17) is 19.9 Å². The Hall–Kier alpha value is -1.89. The number of H-pyrrole nitrogens is 1. The SMILES string of the molecule is COc1cc(-c2nc(N)[nH]c2Br)cc(OC)c1OC. The number of methoxy groups -OCH3 is 3. The first-order valence-corrected chi connectivity index (χ1v) is 6.21. The number of hydrogen-bond donors (Lipinski definition) is 2. The molecule has 19 heavy (non-hydrogen) atoms. The molecular weight excluding hydrogens is 314 g/mol. The molecule has 102 valence electrons. The zero-order chi connectivity index (χ0) is 14.0. The van der Waals surface area contributed by atoms with Crippen molar-refractivity contribution in [1.82, 2.24) is 9.97 Å². The Morgan fingerprint density at radius 2 is 1.68 bits per heavy atom. The highest BCUT2D eigenvalue weighted by molar-refractivity contribution is 9.10. The van der Waals surface area contributed by atoms with Crippen LogP contribution in [0.25, 0.3) is 11.3 Å². The first kappa shape index (κ1) is 13.5. The molecule has 0 aliphatic heterocycles. The van der Waals surface area contributed by atoms with Crippen LogP contribution in [0.3, 0.4) is 0 Å². The molecule has 2 aromatic rings. The van der Waals surface area contributed by atoms with Crippen LogP contribution in [0.5, 0.6) is 17.2 Å². The average Bonchev–Trinajstić information content (AvgIpc) is 2.75. The summed E-state index contributed by atoms with van der Waals surface area (Å²) in [4.78, 5) is 7.09. The van der Waals surface area contributed by atoms with Crippen LogP contribution >= 0.6 is 15.9 Å². The van der Waals surface area contributed by atoms with Gasteiger partial charge in [-0.15, -0.1) is 0 Å². The minimum Gasteiger partial charge on any atom is -0.493 e. The molecule has 0 amide bonds. The molecular formula is C12H14BrN3O3. The fourth-order valence-electron chi connectivity index (χ4n) is 1.78. The Bertz CT molecular complexity index is 573. The molecule has 1 aromatic heterocycles. The van der Waals surface area contributed by atoms with E-state index >= 15 is 0 Å². The summed E-state index contributed by atoms with van der Waals surface area (Å²) in [6, 6.07) is 3.61. The van der Waals surface area contributed by atoms with Crippen LogP contribution in [-0.4, -0.2) is 31.3 Å². The highest BCUT2D eigenvalue weighted by atomic mass is 79.9. The lowest BCUT2D eigenvalue weighted by Crippen LogP contribution is -1.96. The van der Waals surface area contributed by atoms with Crippen molar-refractivity contribution in [2.24, 2.45) is 0 Å². The van der Waals surface area contributed by atoms with Gasteiger partial charge in [0, 0.05) is 5.56 Å². The van der Waals surface area contributed by atoms with E-state index in [9.17, 15) is 0 Å². The highest BCUT2D eigenvalue weighted by Gasteiger charge is 2.17. The Morgan fingerprint density at radius 1 is 1.11 bits per heavy atom. The molecule has 0 bridgehead atoms. The van der Waals surface area contributed by atoms with Gasteiger partial charge < -0.3 is 24.9 Å². The van der Waals surface area contributed by atoms with E-state index in [2.05, 4.69) is 25.9 Å². The van der Waals surface area contributed by atoms with E-state index in [-0.39, 0.29) is 0 Å². The molecule has 0 fully saturated rings. The third kappa shape index (κ3) is 2.46. The molecule has 0 aliphatic rings. The van der Waals surface area contributed by atoms with Gasteiger partial charge in [-0.05, 0) is 28.1 Å². The van der Waals surface area contributed by atoms with Crippen LogP contribution in [0.4, 0.5) is 5.95 Å². The normalized spacial score (nSPS) is 10.3. The number of rotatable bonds is 4. The molecule has 0 spiro atoms. The Morgan fingerprint density at radius 3 is 2.05 bits per heavy atom. The van der Waals surface area contributed by atoms with Gasteiger partial charge in [-0.2, -0.15) is 0 Å². The van der Waals surface area contributed by atoms with Gasteiger partial charge in [-0.3, -0.25) is 0 Å². The Labute approximate surface area is 119 Å². The molecule has 0 saturated heterocycles. The maximum Gasteiger partial charge on any atom is 0.203 e.